The molecule has 0 saturated carbocycles. The van der Waals surface area contributed by atoms with Gasteiger partial charge in [-0.05, 0) is 236 Å². The molecular formula is C128H97B3N4O3. The van der Waals surface area contributed by atoms with Gasteiger partial charge in [-0.1, -0.05) is 399 Å². The minimum absolute atomic E-state index is 0.00846. The van der Waals surface area contributed by atoms with E-state index in [-0.39, 0.29) is 31.0 Å². The minimum atomic E-state index is -0.00846. The molecule has 10 heteroatoms. The van der Waals surface area contributed by atoms with Crippen molar-refractivity contribution in [2.45, 2.75) is 52.4 Å². The van der Waals surface area contributed by atoms with Gasteiger partial charge in [0.05, 0.1) is 17.1 Å². The van der Waals surface area contributed by atoms with Crippen molar-refractivity contribution < 1.29 is 14.2 Å². The Morgan fingerprint density at radius 2 is 0.471 bits per heavy atom. The van der Waals surface area contributed by atoms with Crippen molar-refractivity contribution in [1.29, 1.82) is 0 Å². The third-order valence-electron chi connectivity index (χ3n) is 28.1. The van der Waals surface area contributed by atoms with E-state index in [0.717, 1.165) is 79.8 Å². The maximum atomic E-state index is 6.94. The number of benzene rings is 20. The largest absolute Gasteiger partial charge is 0.458 e. The van der Waals surface area contributed by atoms with Crippen molar-refractivity contribution in [3.05, 3.63) is 490 Å². The first-order valence-corrected chi connectivity index (χ1v) is 47.9. The standard InChI is InChI=1S/C48H33BN2O.C42H28BNO.C38H36BNO/c1-5-16-34(17-6-1)36-28-30-41-45(32-36)51(43-25-14-13-24-40(43)35-18-7-2-8-19-35)44-26-15-27-46-48(44)49(41)42-31-29-39(33-47(42)52-46)50(37-20-9-3-10-21-37)38-22-11-4-12-23-38;1-4-13-29(14-5-1)32-24-26-40-36(27-32)43-35-25-23-33(30-15-6-2-7-16-30)28-39(35)44(38-21-12-22-41(45-40)42(38)43)37-20-11-10-19-34(37)31-17-8-3-9-18-31;1-37(2,3)26-20-22-34-30(23-26)39-29-21-19-27(38(4,5)6)24-33(29)40(32-17-12-18-35(41-34)36(32)39)31-16-11-10-15-28(31)25-13-8-7-9-14-25/h1-33H;1-28H;7-24H,1-6H3. The molecule has 20 aromatic carbocycles. The molecule has 0 N–H and O–H groups in total. The monoisotopic (exact) mass is 1770 g/mol. The van der Waals surface area contributed by atoms with E-state index in [0.29, 0.717) is 0 Å². The minimum Gasteiger partial charge on any atom is -0.458 e. The molecular weight excluding hydrogens is 1670 g/mol. The molecule has 6 aliphatic heterocycles. The second-order valence-corrected chi connectivity index (χ2v) is 38.5. The molecule has 0 fully saturated rings. The summed E-state index contributed by atoms with van der Waals surface area (Å²) in [4.78, 5) is 9.67. The topological polar surface area (TPSA) is 40.7 Å². The number of anilines is 12. The average Bonchev–Trinajstić information content (AvgIpc) is 0.713. The molecule has 0 radical (unpaired) electrons. The SMILES string of the molecule is CC(C)(C)c1ccc2c(c1)B1c3ccc(C(C)(C)C)cc3N(c3ccccc3-c3ccccc3)c3cccc(c31)O2.c1ccc(-c2ccc3c(c2)B2c4ccc(-c5ccccc5)cc4N(c4ccccc4-c4ccccc4)c4cccc(c42)O3)cc1.c1ccc(-c2ccc3c(c2)N(c2ccccc2-c2ccccc2)c2cccc4c2B3c2ccc(N(c3ccccc3)c3ccccc3)cc2O4)cc1. The molecule has 0 atom stereocenters. The molecule has 6 aliphatic rings. The highest BCUT2D eigenvalue weighted by atomic mass is 16.5. The van der Waals surface area contributed by atoms with Crippen LogP contribution in [0, 0.1) is 0 Å². The number of fused-ring (bicyclic) bond motifs is 12. The van der Waals surface area contributed by atoms with Crippen molar-refractivity contribution in [2.75, 3.05) is 19.6 Å². The van der Waals surface area contributed by atoms with Gasteiger partial charge in [0, 0.05) is 73.9 Å². The van der Waals surface area contributed by atoms with Crippen LogP contribution in [0.4, 0.5) is 68.2 Å². The third-order valence-corrected chi connectivity index (χ3v) is 28.1. The van der Waals surface area contributed by atoms with Crippen LogP contribution in [-0.2, 0) is 10.8 Å². The Hall–Kier alpha value is -16.8. The summed E-state index contributed by atoms with van der Waals surface area (Å²) in [5.74, 6) is 5.49. The molecule has 138 heavy (non-hydrogen) atoms. The zero-order chi connectivity index (χ0) is 92.7. The van der Waals surface area contributed by atoms with Gasteiger partial charge in [-0.2, -0.15) is 0 Å². The van der Waals surface area contributed by atoms with Gasteiger partial charge in [-0.3, -0.25) is 0 Å². The normalized spacial score (nSPS) is 12.8. The van der Waals surface area contributed by atoms with E-state index >= 15 is 0 Å². The molecule has 7 nitrogen and oxygen atoms in total. The van der Waals surface area contributed by atoms with E-state index in [9.17, 15) is 0 Å². The molecule has 0 unspecified atom stereocenters. The van der Waals surface area contributed by atoms with Gasteiger partial charge in [0.1, 0.15) is 34.5 Å². The lowest BCUT2D eigenvalue weighted by Gasteiger charge is -2.41. The number of hydrogen-bond donors (Lipinski definition) is 0. The second kappa shape index (κ2) is 34.9. The lowest BCUT2D eigenvalue weighted by molar-refractivity contribution is 0.486. The molecule has 0 spiro atoms. The van der Waals surface area contributed by atoms with Gasteiger partial charge in [0.25, 0.3) is 20.1 Å². The Bertz CT molecular complexity index is 8000. The van der Waals surface area contributed by atoms with Crippen molar-refractivity contribution >= 4 is 138 Å². The van der Waals surface area contributed by atoms with Crippen molar-refractivity contribution in [2.24, 2.45) is 0 Å². The van der Waals surface area contributed by atoms with Crippen LogP contribution in [0.1, 0.15) is 52.7 Å². The van der Waals surface area contributed by atoms with Gasteiger partial charge < -0.3 is 33.8 Å². The average molecular weight is 1770 g/mol. The predicted octanol–water partition coefficient (Wildman–Crippen LogP) is 28.3. The van der Waals surface area contributed by atoms with Crippen LogP contribution >= 0.6 is 0 Å². The van der Waals surface area contributed by atoms with Gasteiger partial charge >= 0.3 is 0 Å². The summed E-state index contributed by atoms with van der Waals surface area (Å²) in [6, 6.07) is 172. The van der Waals surface area contributed by atoms with Gasteiger partial charge in [0.15, 0.2) is 0 Å². The van der Waals surface area contributed by atoms with E-state index < -0.39 is 0 Å². The maximum Gasteiger partial charge on any atom is 0.256 e. The third kappa shape index (κ3) is 15.1. The van der Waals surface area contributed by atoms with Crippen LogP contribution < -0.4 is 83.0 Å². The lowest BCUT2D eigenvalue weighted by Crippen LogP contribution is -2.59. The lowest BCUT2D eigenvalue weighted by atomic mass is 9.34. The van der Waals surface area contributed by atoms with Crippen molar-refractivity contribution in [1.82, 2.24) is 0 Å². The predicted molar refractivity (Wildman–Crippen MR) is 582 cm³/mol. The van der Waals surface area contributed by atoms with Crippen LogP contribution in [0.2, 0.25) is 0 Å². The van der Waals surface area contributed by atoms with Crippen LogP contribution in [0.15, 0.2) is 479 Å². The molecule has 0 saturated heterocycles. The number of ether oxygens (including phenoxy) is 3. The molecule has 26 rings (SSSR count). The molecule has 0 bridgehead atoms. The van der Waals surface area contributed by atoms with Crippen molar-refractivity contribution in [3.8, 4) is 101 Å². The smallest absolute Gasteiger partial charge is 0.256 e. The fourth-order valence-electron chi connectivity index (χ4n) is 21.5. The molecule has 20 aromatic rings. The Morgan fingerprint density at radius 3 is 0.870 bits per heavy atom. The number of para-hydroxylation sites is 5. The molecule has 656 valence electrons. The highest BCUT2D eigenvalue weighted by Gasteiger charge is 2.47. The Kier molecular flexibility index (Phi) is 21.3. The van der Waals surface area contributed by atoms with E-state index in [1.54, 1.807) is 0 Å². The first-order chi connectivity index (χ1) is 67.8. The summed E-state index contributed by atoms with van der Waals surface area (Å²) in [5.41, 5.74) is 41.9. The maximum absolute atomic E-state index is 6.94. The molecule has 6 heterocycles. The first-order valence-electron chi connectivity index (χ1n) is 47.9. The summed E-state index contributed by atoms with van der Waals surface area (Å²) in [5, 5.41) is 0. The summed E-state index contributed by atoms with van der Waals surface area (Å²) in [6.07, 6.45) is 0. The van der Waals surface area contributed by atoms with Crippen LogP contribution in [0.25, 0.3) is 66.8 Å². The van der Waals surface area contributed by atoms with Crippen LogP contribution in [0.5, 0.6) is 34.5 Å². The van der Waals surface area contributed by atoms with E-state index in [2.05, 4.69) is 540 Å². The van der Waals surface area contributed by atoms with E-state index in [4.69, 9.17) is 14.2 Å². The van der Waals surface area contributed by atoms with Crippen molar-refractivity contribution in [3.63, 3.8) is 0 Å². The fraction of sp³-hybridized carbons (Fsp3) is 0.0625. The number of hydrogen-bond acceptors (Lipinski definition) is 7. The first kappa shape index (κ1) is 84.2. The molecule has 0 aliphatic carbocycles. The Morgan fingerprint density at radius 1 is 0.181 bits per heavy atom. The summed E-state index contributed by atoms with van der Waals surface area (Å²) in [6.45, 7) is 13.9. The zero-order valence-corrected chi connectivity index (χ0v) is 77.9. The Labute approximate surface area is 809 Å². The fourth-order valence-corrected chi connectivity index (χ4v) is 21.5. The number of rotatable bonds is 12. The molecule has 0 aromatic heterocycles. The van der Waals surface area contributed by atoms with Gasteiger partial charge in [0.2, 0.25) is 0 Å². The number of nitrogens with zero attached hydrogens (tertiary/aromatic N) is 4. The summed E-state index contributed by atoms with van der Waals surface area (Å²) >= 11 is 0. The highest BCUT2D eigenvalue weighted by molar-refractivity contribution is 7.01. The summed E-state index contributed by atoms with van der Waals surface area (Å²) in [7, 11) is 0. The van der Waals surface area contributed by atoms with Crippen LogP contribution in [0.3, 0.4) is 0 Å². The van der Waals surface area contributed by atoms with Crippen LogP contribution in [-0.4, -0.2) is 20.1 Å². The van der Waals surface area contributed by atoms with E-state index in [1.807, 2.05) is 0 Å². The zero-order valence-electron chi connectivity index (χ0n) is 77.9. The highest BCUT2D eigenvalue weighted by Crippen LogP contribution is 2.51. The molecule has 0 amide bonds. The summed E-state index contributed by atoms with van der Waals surface area (Å²) < 4.78 is 20.3. The Balaban J connectivity index is 0.000000114. The quantitative estimate of drug-likeness (QED) is 0.113. The van der Waals surface area contributed by atoms with Gasteiger partial charge in [-0.15, -0.1) is 0 Å². The van der Waals surface area contributed by atoms with E-state index in [1.165, 1.54) is 150 Å². The second-order valence-electron chi connectivity index (χ2n) is 38.5. The van der Waals surface area contributed by atoms with Gasteiger partial charge in [-0.25, -0.2) is 0 Å².